The highest BCUT2D eigenvalue weighted by Gasteiger charge is 2.53. The minimum absolute atomic E-state index is 0.195. The predicted octanol–water partition coefficient (Wildman–Crippen LogP) is 0.880. The van der Waals surface area contributed by atoms with Gasteiger partial charge in [-0.25, -0.2) is 9.50 Å². The van der Waals surface area contributed by atoms with Crippen molar-refractivity contribution in [2.75, 3.05) is 11.9 Å². The van der Waals surface area contributed by atoms with E-state index in [2.05, 4.69) is 15.4 Å². The molecule has 10 nitrogen and oxygen atoms in total. The lowest BCUT2D eigenvalue weighted by Gasteiger charge is -2.27. The number of aliphatic hydroxyl groups excluding tert-OH is 2. The molecular formula is C21H22N4O6. The molecule has 4 rings (SSSR count). The Bertz CT molecular complexity index is 1120. The van der Waals surface area contributed by atoms with Gasteiger partial charge in [0, 0.05) is 12.5 Å². The lowest BCUT2D eigenvalue weighted by molar-refractivity contribution is -0.149. The van der Waals surface area contributed by atoms with Crippen molar-refractivity contribution in [1.29, 1.82) is 0 Å². The van der Waals surface area contributed by atoms with E-state index in [-0.39, 0.29) is 18.3 Å². The second kappa shape index (κ2) is 8.06. The number of ether oxygens (including phenoxy) is 2. The first-order valence-corrected chi connectivity index (χ1v) is 9.68. The number of amides is 1. The molecule has 31 heavy (non-hydrogen) atoms. The van der Waals surface area contributed by atoms with Crippen LogP contribution in [0.25, 0.3) is 5.52 Å². The second-order valence-corrected chi connectivity index (χ2v) is 7.45. The smallest absolute Gasteiger partial charge is 0.302 e. The van der Waals surface area contributed by atoms with Crippen molar-refractivity contribution in [2.45, 2.75) is 37.8 Å². The van der Waals surface area contributed by atoms with Crippen molar-refractivity contribution in [2.24, 2.45) is 0 Å². The quantitative estimate of drug-likeness (QED) is 0.512. The molecular weight excluding hydrogens is 404 g/mol. The van der Waals surface area contributed by atoms with Gasteiger partial charge >= 0.3 is 5.97 Å². The highest BCUT2D eigenvalue weighted by Crippen LogP contribution is 2.40. The number of nitrogens with one attached hydrogen (secondary N) is 1. The summed E-state index contributed by atoms with van der Waals surface area (Å²) in [7, 11) is 0. The molecule has 1 aliphatic heterocycles. The molecule has 3 heterocycles. The zero-order chi connectivity index (χ0) is 22.2. The average molecular weight is 426 g/mol. The fraction of sp³-hybridized carbons (Fsp3) is 0.333. The van der Waals surface area contributed by atoms with Crippen molar-refractivity contribution in [1.82, 2.24) is 14.6 Å². The summed E-state index contributed by atoms with van der Waals surface area (Å²) >= 11 is 0. The van der Waals surface area contributed by atoms with E-state index in [4.69, 9.17) is 9.47 Å². The fourth-order valence-electron chi connectivity index (χ4n) is 3.70. The molecule has 10 heteroatoms. The fourth-order valence-corrected chi connectivity index (χ4v) is 3.70. The van der Waals surface area contributed by atoms with Crippen LogP contribution in [0.15, 0.2) is 48.8 Å². The van der Waals surface area contributed by atoms with Gasteiger partial charge in [-0.1, -0.05) is 18.2 Å². The maximum absolute atomic E-state index is 12.5. The summed E-state index contributed by atoms with van der Waals surface area (Å²) in [5.41, 5.74) is 0.0591. The zero-order valence-corrected chi connectivity index (χ0v) is 16.9. The van der Waals surface area contributed by atoms with E-state index in [1.54, 1.807) is 43.3 Å². The summed E-state index contributed by atoms with van der Waals surface area (Å²) < 4.78 is 12.3. The molecule has 0 radical (unpaired) electrons. The van der Waals surface area contributed by atoms with Crippen LogP contribution in [0.3, 0.4) is 0 Å². The van der Waals surface area contributed by atoms with E-state index in [0.29, 0.717) is 16.8 Å². The zero-order valence-electron chi connectivity index (χ0n) is 16.9. The second-order valence-electron chi connectivity index (χ2n) is 7.45. The summed E-state index contributed by atoms with van der Waals surface area (Å²) in [5, 5.41) is 28.1. The summed E-state index contributed by atoms with van der Waals surface area (Å²) in [6, 6.07) is 12.1. The minimum Gasteiger partial charge on any atom is -0.463 e. The Morgan fingerprint density at radius 1 is 1.23 bits per heavy atom. The van der Waals surface area contributed by atoms with E-state index in [9.17, 15) is 19.8 Å². The molecule has 0 spiro atoms. The van der Waals surface area contributed by atoms with Crippen LogP contribution in [0, 0.1) is 0 Å². The lowest BCUT2D eigenvalue weighted by atomic mass is 9.93. The summed E-state index contributed by atoms with van der Waals surface area (Å²) in [6.45, 7) is 2.67. The third kappa shape index (κ3) is 3.76. The number of rotatable bonds is 5. The first kappa shape index (κ1) is 20.9. The Labute approximate surface area is 177 Å². The number of aromatic nitrogens is 3. The number of nitrogens with zero attached hydrogens (tertiary/aromatic N) is 3. The van der Waals surface area contributed by atoms with Crippen molar-refractivity contribution in [3.05, 3.63) is 60.0 Å². The molecule has 1 fully saturated rings. The summed E-state index contributed by atoms with van der Waals surface area (Å²) in [6.07, 6.45) is -2.21. The number of benzene rings is 1. The normalized spacial score (nSPS) is 25.5. The third-order valence-electron chi connectivity index (χ3n) is 5.34. The summed E-state index contributed by atoms with van der Waals surface area (Å²) in [5.74, 6) is -0.564. The molecule has 0 unspecified atom stereocenters. The Morgan fingerprint density at radius 3 is 2.68 bits per heavy atom. The van der Waals surface area contributed by atoms with E-state index >= 15 is 0 Å². The first-order chi connectivity index (χ1) is 14.8. The Hall–Kier alpha value is -3.34. The number of hydrogen-bond acceptors (Lipinski definition) is 8. The molecule has 162 valence electrons. The molecule has 0 saturated carbocycles. The number of esters is 1. The van der Waals surface area contributed by atoms with E-state index < -0.39 is 29.9 Å². The van der Waals surface area contributed by atoms with Gasteiger partial charge in [0.05, 0.1) is 5.69 Å². The van der Waals surface area contributed by atoms with Crippen LogP contribution in [-0.2, 0) is 19.9 Å². The molecule has 0 aliphatic carbocycles. The van der Waals surface area contributed by atoms with Gasteiger partial charge in [0.15, 0.2) is 5.82 Å². The van der Waals surface area contributed by atoms with Crippen LogP contribution in [0.2, 0.25) is 0 Å². The number of carbonyl (C=O) groups is 2. The van der Waals surface area contributed by atoms with Crippen LogP contribution in [0.4, 0.5) is 5.82 Å². The number of anilines is 1. The largest absolute Gasteiger partial charge is 0.463 e. The number of aliphatic hydroxyl groups is 2. The van der Waals surface area contributed by atoms with E-state index in [1.807, 2.05) is 6.07 Å². The number of carbonyl (C=O) groups excluding carboxylic acids is 2. The van der Waals surface area contributed by atoms with Gasteiger partial charge in [0.1, 0.15) is 42.4 Å². The van der Waals surface area contributed by atoms with Crippen molar-refractivity contribution in [3.63, 3.8) is 0 Å². The topological polar surface area (TPSA) is 135 Å². The van der Waals surface area contributed by atoms with Crippen LogP contribution in [0.1, 0.15) is 29.9 Å². The van der Waals surface area contributed by atoms with Gasteiger partial charge in [0.25, 0.3) is 5.91 Å². The third-order valence-corrected chi connectivity index (χ3v) is 5.34. The highest BCUT2D eigenvalue weighted by molar-refractivity contribution is 6.05. The minimum atomic E-state index is -1.34. The van der Waals surface area contributed by atoms with Crippen molar-refractivity contribution < 1.29 is 29.3 Å². The molecule has 2 aromatic heterocycles. The molecule has 3 N–H and O–H groups in total. The highest BCUT2D eigenvalue weighted by atomic mass is 16.6. The van der Waals surface area contributed by atoms with E-state index in [0.717, 1.165) is 0 Å². The lowest BCUT2D eigenvalue weighted by Crippen LogP contribution is -2.39. The van der Waals surface area contributed by atoms with Crippen LogP contribution in [0.5, 0.6) is 0 Å². The first-order valence-electron chi connectivity index (χ1n) is 9.68. The van der Waals surface area contributed by atoms with Crippen molar-refractivity contribution in [3.8, 4) is 0 Å². The Balaban J connectivity index is 1.64. The van der Waals surface area contributed by atoms with Gasteiger partial charge in [-0.15, -0.1) is 0 Å². The maximum atomic E-state index is 12.5. The number of fused-ring (bicyclic) bond motifs is 1. The van der Waals surface area contributed by atoms with Gasteiger partial charge in [-0.3, -0.25) is 9.59 Å². The van der Waals surface area contributed by atoms with Gasteiger partial charge in [-0.05, 0) is 31.2 Å². The number of hydrogen-bond donors (Lipinski definition) is 3. The van der Waals surface area contributed by atoms with Gasteiger partial charge in [-0.2, -0.15) is 5.10 Å². The molecule has 4 atom stereocenters. The molecule has 1 aliphatic rings. The molecule has 1 saturated heterocycles. The van der Waals surface area contributed by atoms with Crippen molar-refractivity contribution >= 4 is 23.2 Å². The van der Waals surface area contributed by atoms with Gasteiger partial charge < -0.3 is 25.0 Å². The monoisotopic (exact) mass is 426 g/mol. The Kier molecular flexibility index (Phi) is 5.44. The molecule has 1 aromatic carbocycles. The average Bonchev–Trinajstić information content (AvgIpc) is 3.30. The molecule has 1 amide bonds. The molecule has 0 bridgehead atoms. The maximum Gasteiger partial charge on any atom is 0.302 e. The Morgan fingerprint density at radius 2 is 1.97 bits per heavy atom. The SMILES string of the molecule is CC(=O)OC[C@H]1O[C@@](C)(c2ccc3c(NC(=O)c4ccccc4)ncnn23)[C@H](O)[C@@H]1O. The predicted molar refractivity (Wildman–Crippen MR) is 108 cm³/mol. The van der Waals surface area contributed by atoms with Crippen LogP contribution >= 0.6 is 0 Å². The van der Waals surface area contributed by atoms with Crippen LogP contribution < -0.4 is 5.32 Å². The van der Waals surface area contributed by atoms with Crippen LogP contribution in [-0.4, -0.2) is 61.6 Å². The standard InChI is InChI=1S/C21H22N4O6/c1-12(26)30-10-15-17(27)18(28)21(2,31-15)16-9-8-14-19(22-11-23-25(14)16)24-20(29)13-6-4-3-5-7-13/h3-9,11,15,17-18,27-28H,10H2,1-2H3,(H,22,23,24,29)/t15-,17-,18-,21+/m1/s1. The van der Waals surface area contributed by atoms with E-state index in [1.165, 1.54) is 17.8 Å². The summed E-state index contributed by atoms with van der Waals surface area (Å²) in [4.78, 5) is 27.8. The molecule has 3 aromatic rings. The van der Waals surface area contributed by atoms with Gasteiger partial charge in [0.2, 0.25) is 0 Å².